The molecule has 1 heterocycles. The molecule has 0 aromatic heterocycles. The molecule has 1 fully saturated rings. The van der Waals surface area contributed by atoms with Crippen LogP contribution in [0, 0.1) is 17.5 Å². The fourth-order valence-corrected chi connectivity index (χ4v) is 3.19. The molecule has 0 N–H and O–H groups in total. The van der Waals surface area contributed by atoms with E-state index >= 15 is 0 Å². The smallest absolute Gasteiger partial charge is 0.337 e. The summed E-state index contributed by atoms with van der Waals surface area (Å²) in [5.41, 5.74) is -2.19. The quantitative estimate of drug-likeness (QED) is 0.673. The summed E-state index contributed by atoms with van der Waals surface area (Å²) in [6.07, 6.45) is -4.48. The van der Waals surface area contributed by atoms with Crippen LogP contribution in [0.4, 0.5) is 26.3 Å². The number of nitrogens with zero attached hydrogens (tertiary/aromatic N) is 2. The molecule has 1 saturated heterocycles. The minimum absolute atomic E-state index is 0.0397. The summed E-state index contributed by atoms with van der Waals surface area (Å²) in [6.45, 7) is 0.0970. The molecule has 1 aliphatic rings. The minimum Gasteiger partial charge on any atom is -0.337 e. The average Bonchev–Trinajstić information content (AvgIpc) is 2.92. The van der Waals surface area contributed by atoms with E-state index < -0.39 is 46.6 Å². The second-order valence-corrected chi connectivity index (χ2v) is 6.75. The third kappa shape index (κ3) is 4.58. The molecule has 0 aliphatic carbocycles. The van der Waals surface area contributed by atoms with Gasteiger partial charge in [0.25, 0.3) is 11.8 Å². The van der Waals surface area contributed by atoms with E-state index in [1.165, 1.54) is 4.90 Å². The van der Waals surface area contributed by atoms with Crippen molar-refractivity contribution in [1.29, 1.82) is 0 Å². The largest absolute Gasteiger partial charge is 0.416 e. The van der Waals surface area contributed by atoms with Crippen LogP contribution in [-0.4, -0.2) is 47.8 Å². The predicted molar refractivity (Wildman–Crippen MR) is 94.2 cm³/mol. The molecule has 4 nitrogen and oxygen atoms in total. The molecule has 2 amide bonds. The van der Waals surface area contributed by atoms with Crippen molar-refractivity contribution in [2.45, 2.75) is 12.6 Å². The Morgan fingerprint density at radius 2 is 1.33 bits per heavy atom. The molecule has 0 saturated carbocycles. The number of carbonyl (C=O) groups is 2. The van der Waals surface area contributed by atoms with E-state index in [4.69, 9.17) is 0 Å². The van der Waals surface area contributed by atoms with Crippen molar-refractivity contribution in [2.24, 2.45) is 0 Å². The first-order valence-corrected chi connectivity index (χ1v) is 8.98. The average molecular weight is 430 g/mol. The molecule has 0 radical (unpaired) electrons. The van der Waals surface area contributed by atoms with Crippen molar-refractivity contribution in [1.82, 2.24) is 9.80 Å². The van der Waals surface area contributed by atoms with E-state index in [-0.39, 0.29) is 38.2 Å². The van der Waals surface area contributed by atoms with Gasteiger partial charge in [0, 0.05) is 32.2 Å². The Morgan fingerprint density at radius 3 is 1.90 bits per heavy atom. The Morgan fingerprint density at radius 1 is 0.733 bits per heavy atom. The first-order valence-electron chi connectivity index (χ1n) is 8.98. The highest BCUT2D eigenvalue weighted by molar-refractivity contribution is 5.96. The number of carbonyl (C=O) groups excluding carboxylic acids is 2. The summed E-state index contributed by atoms with van der Waals surface area (Å²) in [7, 11) is 0. The minimum atomic E-state index is -4.73. The van der Waals surface area contributed by atoms with Crippen LogP contribution in [0.3, 0.4) is 0 Å². The fraction of sp³-hybridized carbons (Fsp3) is 0.300. The number of amides is 2. The summed E-state index contributed by atoms with van der Waals surface area (Å²) in [6, 6.07) is 4.13. The summed E-state index contributed by atoms with van der Waals surface area (Å²) in [4.78, 5) is 27.5. The van der Waals surface area contributed by atoms with Gasteiger partial charge in [-0.1, -0.05) is 0 Å². The van der Waals surface area contributed by atoms with Gasteiger partial charge < -0.3 is 9.80 Å². The number of benzene rings is 2. The summed E-state index contributed by atoms with van der Waals surface area (Å²) < 4.78 is 79.6. The highest BCUT2D eigenvalue weighted by atomic mass is 19.4. The lowest BCUT2D eigenvalue weighted by Gasteiger charge is -2.23. The van der Waals surface area contributed by atoms with Crippen molar-refractivity contribution in [2.75, 3.05) is 26.2 Å². The van der Waals surface area contributed by atoms with Crippen LogP contribution in [-0.2, 0) is 6.18 Å². The van der Waals surface area contributed by atoms with Crippen LogP contribution in [0.2, 0.25) is 0 Å². The van der Waals surface area contributed by atoms with Crippen molar-refractivity contribution in [3.8, 4) is 0 Å². The van der Waals surface area contributed by atoms with Crippen LogP contribution in [0.15, 0.2) is 36.4 Å². The highest BCUT2D eigenvalue weighted by Gasteiger charge is 2.33. The van der Waals surface area contributed by atoms with Gasteiger partial charge in [0.1, 0.15) is 17.5 Å². The number of hydrogen-bond donors (Lipinski definition) is 0. The van der Waals surface area contributed by atoms with Crippen molar-refractivity contribution in [3.63, 3.8) is 0 Å². The SMILES string of the molecule is O=C(c1ccc(F)cc1F)N1CCCN(C(=O)c2cc(C(F)(F)F)ccc2F)CC1. The Labute approximate surface area is 167 Å². The van der Waals surface area contributed by atoms with Crippen molar-refractivity contribution < 1.29 is 35.9 Å². The molecule has 1 aliphatic heterocycles. The van der Waals surface area contributed by atoms with Crippen molar-refractivity contribution in [3.05, 3.63) is 70.5 Å². The molecule has 160 valence electrons. The first-order chi connectivity index (χ1) is 14.1. The highest BCUT2D eigenvalue weighted by Crippen LogP contribution is 2.30. The summed E-state index contributed by atoms with van der Waals surface area (Å²) in [5, 5.41) is 0. The van der Waals surface area contributed by atoms with Gasteiger partial charge in [-0.3, -0.25) is 9.59 Å². The lowest BCUT2D eigenvalue weighted by molar-refractivity contribution is -0.137. The van der Waals surface area contributed by atoms with Gasteiger partial charge >= 0.3 is 6.18 Å². The molecule has 0 unspecified atom stereocenters. The van der Waals surface area contributed by atoms with Crippen LogP contribution < -0.4 is 0 Å². The summed E-state index contributed by atoms with van der Waals surface area (Å²) >= 11 is 0. The van der Waals surface area contributed by atoms with Gasteiger partial charge in [-0.2, -0.15) is 13.2 Å². The van der Waals surface area contributed by atoms with E-state index in [1.54, 1.807) is 0 Å². The van der Waals surface area contributed by atoms with Gasteiger partial charge in [-0.15, -0.1) is 0 Å². The van der Waals surface area contributed by atoms with Gasteiger partial charge in [0.2, 0.25) is 0 Å². The maximum absolute atomic E-state index is 14.0. The number of alkyl halides is 3. The Kier molecular flexibility index (Phi) is 6.04. The molecule has 30 heavy (non-hydrogen) atoms. The predicted octanol–water partition coefficient (Wildman–Crippen LogP) is 4.11. The Bertz CT molecular complexity index is 976. The normalized spacial score (nSPS) is 15.1. The lowest BCUT2D eigenvalue weighted by Crippen LogP contribution is -2.38. The van der Waals surface area contributed by atoms with Gasteiger partial charge in [-0.05, 0) is 36.8 Å². The van der Waals surface area contributed by atoms with Gasteiger partial charge in [0.05, 0.1) is 16.7 Å². The zero-order valence-corrected chi connectivity index (χ0v) is 15.5. The molecule has 2 aromatic carbocycles. The molecular formula is C20H16F6N2O2. The van der Waals surface area contributed by atoms with Gasteiger partial charge in [0.15, 0.2) is 0 Å². The van der Waals surface area contributed by atoms with Crippen LogP contribution in [0.5, 0.6) is 0 Å². The third-order valence-corrected chi connectivity index (χ3v) is 4.76. The van der Waals surface area contributed by atoms with Crippen molar-refractivity contribution >= 4 is 11.8 Å². The lowest BCUT2D eigenvalue weighted by atomic mass is 10.1. The number of rotatable bonds is 2. The summed E-state index contributed by atoms with van der Waals surface area (Å²) in [5.74, 6) is -4.57. The Hall–Kier alpha value is -3.04. The number of halogens is 6. The molecule has 3 rings (SSSR count). The fourth-order valence-electron chi connectivity index (χ4n) is 3.19. The topological polar surface area (TPSA) is 40.6 Å². The first kappa shape index (κ1) is 21.7. The van der Waals surface area contributed by atoms with E-state index in [0.717, 1.165) is 17.0 Å². The maximum atomic E-state index is 14.0. The molecule has 0 atom stereocenters. The standard InChI is InChI=1S/C20H16F6N2O2/c21-13-3-4-14(17(23)11-13)18(29)27-6-1-7-28(9-8-27)19(30)15-10-12(20(24,25)26)2-5-16(15)22/h2-5,10-11H,1,6-9H2. The van der Waals surface area contributed by atoms with Gasteiger partial charge in [-0.25, -0.2) is 13.2 Å². The molecule has 2 aromatic rings. The van der Waals surface area contributed by atoms with Crippen LogP contribution >= 0.6 is 0 Å². The zero-order valence-electron chi connectivity index (χ0n) is 15.5. The molecule has 0 bridgehead atoms. The second-order valence-electron chi connectivity index (χ2n) is 6.75. The zero-order chi connectivity index (χ0) is 22.1. The van der Waals surface area contributed by atoms with E-state index in [2.05, 4.69) is 0 Å². The second kappa shape index (κ2) is 8.37. The van der Waals surface area contributed by atoms with Crippen LogP contribution in [0.1, 0.15) is 32.7 Å². The molecule has 0 spiro atoms. The van der Waals surface area contributed by atoms with Crippen LogP contribution in [0.25, 0.3) is 0 Å². The third-order valence-electron chi connectivity index (χ3n) is 4.76. The number of hydrogen-bond acceptors (Lipinski definition) is 2. The monoisotopic (exact) mass is 430 g/mol. The van der Waals surface area contributed by atoms with E-state index in [9.17, 15) is 35.9 Å². The van der Waals surface area contributed by atoms with E-state index in [0.29, 0.717) is 24.3 Å². The molecule has 10 heteroatoms. The Balaban J connectivity index is 1.75. The maximum Gasteiger partial charge on any atom is 0.416 e. The molecular weight excluding hydrogens is 414 g/mol. The van der Waals surface area contributed by atoms with E-state index in [1.807, 2.05) is 0 Å².